The molecule has 2 aliphatic rings. The van der Waals surface area contributed by atoms with Crippen molar-refractivity contribution < 1.29 is 33.7 Å². The molecule has 0 spiro atoms. The number of amides is 4. The first-order valence-electron chi connectivity index (χ1n) is 14.2. The topological polar surface area (TPSA) is 130 Å². The van der Waals surface area contributed by atoms with Crippen LogP contribution in [-0.4, -0.2) is 78.4 Å². The maximum absolute atomic E-state index is 13.7. The van der Waals surface area contributed by atoms with Gasteiger partial charge in [-0.05, 0) is 42.8 Å². The zero-order valence-electron chi connectivity index (χ0n) is 24.4. The summed E-state index contributed by atoms with van der Waals surface area (Å²) in [5.74, 6) is 0.811. The molecule has 43 heavy (non-hydrogen) atoms. The summed E-state index contributed by atoms with van der Waals surface area (Å²) in [4.78, 5) is 42.7. The van der Waals surface area contributed by atoms with Crippen LogP contribution in [0.3, 0.4) is 0 Å². The summed E-state index contributed by atoms with van der Waals surface area (Å²) >= 11 is 0. The van der Waals surface area contributed by atoms with E-state index in [4.69, 9.17) is 14.2 Å². The average molecular weight is 589 g/mol. The Hall–Kier alpha value is -4.77. The zero-order valence-corrected chi connectivity index (χ0v) is 24.4. The van der Waals surface area contributed by atoms with Gasteiger partial charge in [-0.1, -0.05) is 37.3 Å². The number of likely N-dealkylation sites (N-methyl/N-ethyl adjacent to an activating group) is 1. The number of aliphatic hydroxyl groups is 1. The zero-order chi connectivity index (χ0) is 30.5. The maximum Gasteiger partial charge on any atom is 0.321 e. The number of fused-ring (bicyclic) bond motifs is 2. The Morgan fingerprint density at radius 3 is 2.44 bits per heavy atom. The highest BCUT2D eigenvalue weighted by atomic mass is 16.7. The minimum Gasteiger partial charge on any atom is -0.487 e. The second kappa shape index (κ2) is 13.0. The van der Waals surface area contributed by atoms with Crippen molar-refractivity contribution in [2.24, 2.45) is 5.92 Å². The van der Waals surface area contributed by atoms with E-state index in [0.29, 0.717) is 35.2 Å². The van der Waals surface area contributed by atoms with E-state index in [2.05, 4.69) is 10.6 Å². The van der Waals surface area contributed by atoms with Crippen LogP contribution in [0.2, 0.25) is 0 Å². The van der Waals surface area contributed by atoms with Gasteiger partial charge in [0.1, 0.15) is 11.9 Å². The lowest BCUT2D eigenvalue weighted by Crippen LogP contribution is -2.50. The third kappa shape index (κ3) is 7.00. The van der Waals surface area contributed by atoms with Crippen molar-refractivity contribution in [1.82, 2.24) is 9.80 Å². The lowest BCUT2D eigenvalue weighted by molar-refractivity contribution is -0.115. The largest absolute Gasteiger partial charge is 0.487 e. The molecule has 11 nitrogen and oxygen atoms in total. The molecule has 0 radical (unpaired) electrons. The van der Waals surface area contributed by atoms with Crippen molar-refractivity contribution >= 4 is 29.2 Å². The second-order valence-corrected chi connectivity index (χ2v) is 10.9. The lowest BCUT2D eigenvalue weighted by Gasteiger charge is -2.38. The van der Waals surface area contributed by atoms with E-state index in [1.807, 2.05) is 37.3 Å². The molecule has 226 valence electrons. The Labute approximate surface area is 250 Å². The van der Waals surface area contributed by atoms with E-state index in [0.717, 1.165) is 5.56 Å². The van der Waals surface area contributed by atoms with Gasteiger partial charge < -0.3 is 39.8 Å². The molecule has 3 aromatic carbocycles. The minimum absolute atomic E-state index is 0.140. The number of hydrogen-bond acceptors (Lipinski definition) is 7. The van der Waals surface area contributed by atoms with Gasteiger partial charge >= 0.3 is 6.03 Å². The molecule has 0 fully saturated rings. The normalized spacial score (nSPS) is 18.0. The molecule has 0 bridgehead atoms. The molecule has 3 atom stereocenters. The van der Waals surface area contributed by atoms with E-state index in [-0.39, 0.29) is 55.7 Å². The van der Waals surface area contributed by atoms with Crippen LogP contribution in [0.25, 0.3) is 0 Å². The SMILES string of the molecule is C[C@H]1CN([C@@H](C)CO)C(=O)c2cc(NC(=O)Cc3ccccc3)ccc2O[C@@H]1CN(C)C(=O)Nc1ccc2c(c1)OCO2. The first kappa shape index (κ1) is 29.7. The number of aliphatic hydroxyl groups excluding tert-OH is 1. The summed E-state index contributed by atoms with van der Waals surface area (Å²) in [6, 6.07) is 18.7. The van der Waals surface area contributed by atoms with Crippen LogP contribution in [-0.2, 0) is 11.2 Å². The van der Waals surface area contributed by atoms with Crippen molar-refractivity contribution in [3.63, 3.8) is 0 Å². The standard InChI is InChI=1S/C32H36N4O7/c1-20-16-36(21(2)18-37)31(39)25-14-23(33-30(38)13-22-7-5-4-6-8-22)9-11-26(25)43-29(20)17-35(3)32(40)34-24-10-12-27-28(15-24)42-19-41-27/h4-12,14-15,20-21,29,37H,13,16-19H2,1-3H3,(H,33,38)(H,34,40)/t20-,21-,29+/m0/s1. The van der Waals surface area contributed by atoms with E-state index in [1.54, 1.807) is 55.3 Å². The van der Waals surface area contributed by atoms with Gasteiger partial charge in [0.25, 0.3) is 5.91 Å². The minimum atomic E-state index is -0.480. The van der Waals surface area contributed by atoms with Gasteiger partial charge in [-0.3, -0.25) is 9.59 Å². The van der Waals surface area contributed by atoms with Crippen LogP contribution < -0.4 is 24.8 Å². The first-order valence-corrected chi connectivity index (χ1v) is 14.2. The van der Waals surface area contributed by atoms with Crippen LogP contribution in [0.1, 0.15) is 29.8 Å². The smallest absolute Gasteiger partial charge is 0.321 e. The Morgan fingerprint density at radius 2 is 1.70 bits per heavy atom. The van der Waals surface area contributed by atoms with Crippen molar-refractivity contribution in [2.75, 3.05) is 44.2 Å². The fourth-order valence-corrected chi connectivity index (χ4v) is 5.05. The van der Waals surface area contributed by atoms with Gasteiger partial charge in [-0.15, -0.1) is 0 Å². The van der Waals surface area contributed by atoms with Crippen molar-refractivity contribution in [3.8, 4) is 17.2 Å². The summed E-state index contributed by atoms with van der Waals surface area (Å²) in [6.45, 7) is 4.17. The Bertz CT molecular complexity index is 1480. The molecule has 5 rings (SSSR count). The van der Waals surface area contributed by atoms with Crippen LogP contribution in [0.15, 0.2) is 66.7 Å². The summed E-state index contributed by atoms with van der Waals surface area (Å²) in [6.07, 6.45) is -0.290. The monoisotopic (exact) mass is 588 g/mol. The summed E-state index contributed by atoms with van der Waals surface area (Å²) < 4.78 is 17.1. The average Bonchev–Trinajstić information content (AvgIpc) is 3.47. The predicted molar refractivity (Wildman–Crippen MR) is 161 cm³/mol. The number of carbonyl (C=O) groups is 3. The third-order valence-electron chi connectivity index (χ3n) is 7.58. The highest BCUT2D eigenvalue weighted by Crippen LogP contribution is 2.34. The molecule has 2 heterocycles. The number of ether oxygens (including phenoxy) is 3. The third-order valence-corrected chi connectivity index (χ3v) is 7.58. The van der Waals surface area contributed by atoms with E-state index >= 15 is 0 Å². The van der Waals surface area contributed by atoms with E-state index < -0.39 is 12.1 Å². The Morgan fingerprint density at radius 1 is 1.00 bits per heavy atom. The number of nitrogens with one attached hydrogen (secondary N) is 2. The molecule has 0 aliphatic carbocycles. The van der Waals surface area contributed by atoms with Crippen LogP contribution in [0.4, 0.5) is 16.2 Å². The molecule has 11 heteroatoms. The summed E-state index contributed by atoms with van der Waals surface area (Å²) in [5, 5.41) is 15.7. The number of benzene rings is 3. The summed E-state index contributed by atoms with van der Waals surface area (Å²) in [5.41, 5.74) is 2.16. The van der Waals surface area contributed by atoms with Crippen molar-refractivity contribution in [1.29, 1.82) is 0 Å². The molecule has 0 aromatic heterocycles. The number of rotatable bonds is 8. The predicted octanol–water partition coefficient (Wildman–Crippen LogP) is 3.98. The summed E-state index contributed by atoms with van der Waals surface area (Å²) in [7, 11) is 1.67. The van der Waals surface area contributed by atoms with Gasteiger partial charge in [0.05, 0.1) is 31.2 Å². The van der Waals surface area contributed by atoms with Gasteiger partial charge in [-0.2, -0.15) is 0 Å². The number of nitrogens with zero attached hydrogens (tertiary/aromatic N) is 2. The van der Waals surface area contributed by atoms with Gasteiger partial charge in [0.15, 0.2) is 11.5 Å². The number of anilines is 2. The van der Waals surface area contributed by atoms with Crippen LogP contribution in [0, 0.1) is 5.92 Å². The molecular formula is C32H36N4O7. The molecule has 0 saturated heterocycles. The molecular weight excluding hydrogens is 552 g/mol. The molecule has 4 amide bonds. The Kier molecular flexibility index (Phi) is 9.01. The van der Waals surface area contributed by atoms with Crippen molar-refractivity contribution in [2.45, 2.75) is 32.4 Å². The molecule has 3 N–H and O–H groups in total. The number of hydrogen-bond donors (Lipinski definition) is 3. The highest BCUT2D eigenvalue weighted by Gasteiger charge is 2.34. The van der Waals surface area contributed by atoms with E-state index in [1.165, 1.54) is 4.90 Å². The second-order valence-electron chi connectivity index (χ2n) is 10.9. The molecule has 2 aliphatic heterocycles. The van der Waals surface area contributed by atoms with Gasteiger partial charge in [0, 0.05) is 37.0 Å². The molecule has 0 unspecified atom stereocenters. The fraction of sp³-hybridized carbons (Fsp3) is 0.344. The van der Waals surface area contributed by atoms with Crippen molar-refractivity contribution in [3.05, 3.63) is 77.9 Å². The van der Waals surface area contributed by atoms with Crippen LogP contribution >= 0.6 is 0 Å². The number of urea groups is 1. The van der Waals surface area contributed by atoms with Crippen LogP contribution in [0.5, 0.6) is 17.2 Å². The maximum atomic E-state index is 13.7. The van der Waals surface area contributed by atoms with Gasteiger partial charge in [0.2, 0.25) is 12.7 Å². The van der Waals surface area contributed by atoms with E-state index in [9.17, 15) is 19.5 Å². The molecule has 3 aromatic rings. The first-order chi connectivity index (χ1) is 20.7. The lowest BCUT2D eigenvalue weighted by atomic mass is 9.99. The highest BCUT2D eigenvalue weighted by molar-refractivity contribution is 6.00. The van der Waals surface area contributed by atoms with Gasteiger partial charge in [-0.25, -0.2) is 4.79 Å². The fourth-order valence-electron chi connectivity index (χ4n) is 5.05. The quantitative estimate of drug-likeness (QED) is 0.363. The number of carbonyl (C=O) groups excluding carboxylic acids is 3. The molecule has 0 saturated carbocycles. The Balaban J connectivity index is 1.33.